The van der Waals surface area contributed by atoms with Gasteiger partial charge in [-0.1, -0.05) is 0 Å². The Morgan fingerprint density at radius 1 is 1.12 bits per heavy atom. The van der Waals surface area contributed by atoms with Crippen LogP contribution < -0.4 is 5.32 Å². The van der Waals surface area contributed by atoms with E-state index in [0.29, 0.717) is 13.2 Å². The topological polar surface area (TPSA) is 48.0 Å². The zero-order valence-electron chi connectivity index (χ0n) is 10.3. The number of rotatable bonds is 8. The fourth-order valence-electron chi connectivity index (χ4n) is 1.74. The molecule has 0 amide bonds. The minimum atomic E-state index is 0.112. The summed E-state index contributed by atoms with van der Waals surface area (Å²) in [6, 6.07) is 0. The van der Waals surface area contributed by atoms with E-state index in [-0.39, 0.29) is 6.61 Å². The van der Waals surface area contributed by atoms with Crippen molar-refractivity contribution in [2.75, 3.05) is 72.7 Å². The van der Waals surface area contributed by atoms with E-state index in [1.807, 2.05) is 0 Å². The Balaban J connectivity index is 1.84. The first-order chi connectivity index (χ1) is 7.83. The summed E-state index contributed by atoms with van der Waals surface area (Å²) < 4.78 is 5.16. The van der Waals surface area contributed by atoms with Gasteiger partial charge in [0.1, 0.15) is 0 Å². The number of hydrogen-bond donors (Lipinski definition) is 2. The maximum atomic E-state index is 8.50. The lowest BCUT2D eigenvalue weighted by Crippen LogP contribution is -2.46. The van der Waals surface area contributed by atoms with Crippen LogP contribution in [-0.2, 0) is 4.74 Å². The summed E-state index contributed by atoms with van der Waals surface area (Å²) in [6.45, 7) is 8.97. The number of hydrogen-bond acceptors (Lipinski definition) is 5. The Morgan fingerprint density at radius 2 is 1.88 bits per heavy atom. The van der Waals surface area contributed by atoms with Gasteiger partial charge in [0.2, 0.25) is 0 Å². The summed E-state index contributed by atoms with van der Waals surface area (Å²) >= 11 is 0. The van der Waals surface area contributed by atoms with Gasteiger partial charge in [0.25, 0.3) is 0 Å². The molecule has 0 atom stereocenters. The van der Waals surface area contributed by atoms with Crippen molar-refractivity contribution in [1.29, 1.82) is 0 Å². The zero-order chi connectivity index (χ0) is 11.6. The van der Waals surface area contributed by atoms with Crippen LogP contribution in [0.3, 0.4) is 0 Å². The maximum Gasteiger partial charge on any atom is 0.0698 e. The fraction of sp³-hybridized carbons (Fsp3) is 1.00. The van der Waals surface area contributed by atoms with E-state index in [9.17, 15) is 0 Å². The molecule has 1 fully saturated rings. The normalized spacial score (nSPS) is 19.1. The van der Waals surface area contributed by atoms with Crippen molar-refractivity contribution in [3.63, 3.8) is 0 Å². The Kier molecular flexibility index (Phi) is 7.71. The molecular weight excluding hydrogens is 206 g/mol. The summed E-state index contributed by atoms with van der Waals surface area (Å²) in [4.78, 5) is 4.86. The van der Waals surface area contributed by atoms with E-state index in [1.165, 1.54) is 26.2 Å². The van der Waals surface area contributed by atoms with E-state index < -0.39 is 0 Å². The second-order valence-electron chi connectivity index (χ2n) is 4.23. The number of ether oxygens (including phenoxy) is 1. The first-order valence-corrected chi connectivity index (χ1v) is 6.13. The van der Waals surface area contributed by atoms with Gasteiger partial charge in [0.05, 0.1) is 19.8 Å². The van der Waals surface area contributed by atoms with Crippen LogP contribution in [0.1, 0.15) is 0 Å². The zero-order valence-corrected chi connectivity index (χ0v) is 10.3. The van der Waals surface area contributed by atoms with Gasteiger partial charge in [0, 0.05) is 45.8 Å². The van der Waals surface area contributed by atoms with E-state index >= 15 is 0 Å². The second-order valence-corrected chi connectivity index (χ2v) is 4.23. The van der Waals surface area contributed by atoms with Gasteiger partial charge < -0.3 is 20.1 Å². The molecule has 1 rings (SSSR count). The lowest BCUT2D eigenvalue weighted by molar-refractivity contribution is 0.0930. The van der Waals surface area contributed by atoms with Crippen LogP contribution in [0.4, 0.5) is 0 Å². The molecule has 0 aromatic rings. The standard InChI is InChI=1S/C11H25N3O2/c1-13-5-7-14(8-6-13)4-2-12-3-10-16-11-9-15/h12,15H,2-11H2,1H3. The molecule has 5 heteroatoms. The molecule has 0 bridgehead atoms. The highest BCUT2D eigenvalue weighted by atomic mass is 16.5. The molecule has 1 aliphatic heterocycles. The predicted molar refractivity (Wildman–Crippen MR) is 64.7 cm³/mol. The van der Waals surface area contributed by atoms with Crippen molar-refractivity contribution in [1.82, 2.24) is 15.1 Å². The minimum Gasteiger partial charge on any atom is -0.394 e. The van der Waals surface area contributed by atoms with Crippen molar-refractivity contribution in [2.45, 2.75) is 0 Å². The SMILES string of the molecule is CN1CCN(CCNCCOCCO)CC1. The molecule has 0 radical (unpaired) electrons. The Bertz CT molecular complexity index is 161. The van der Waals surface area contributed by atoms with Crippen LogP contribution in [0, 0.1) is 0 Å². The summed E-state index contributed by atoms with van der Waals surface area (Å²) in [5.74, 6) is 0. The lowest BCUT2D eigenvalue weighted by Gasteiger charge is -2.32. The monoisotopic (exact) mass is 231 g/mol. The second kappa shape index (κ2) is 8.90. The average molecular weight is 231 g/mol. The largest absolute Gasteiger partial charge is 0.394 e. The Morgan fingerprint density at radius 3 is 2.56 bits per heavy atom. The van der Waals surface area contributed by atoms with Crippen LogP contribution in [0.15, 0.2) is 0 Å². The molecule has 0 aliphatic carbocycles. The van der Waals surface area contributed by atoms with E-state index in [2.05, 4.69) is 22.2 Å². The highest BCUT2D eigenvalue weighted by Crippen LogP contribution is 1.97. The van der Waals surface area contributed by atoms with Gasteiger partial charge in [-0.15, -0.1) is 0 Å². The van der Waals surface area contributed by atoms with Crippen LogP contribution in [0.5, 0.6) is 0 Å². The van der Waals surface area contributed by atoms with Gasteiger partial charge in [-0.2, -0.15) is 0 Å². The summed E-state index contributed by atoms with van der Waals surface area (Å²) in [5.41, 5.74) is 0. The third kappa shape index (κ3) is 6.40. The summed E-state index contributed by atoms with van der Waals surface area (Å²) in [7, 11) is 2.17. The molecule has 0 aromatic carbocycles. The Labute approximate surface area is 98.4 Å². The van der Waals surface area contributed by atoms with Crippen molar-refractivity contribution in [2.24, 2.45) is 0 Å². The van der Waals surface area contributed by atoms with Crippen molar-refractivity contribution >= 4 is 0 Å². The van der Waals surface area contributed by atoms with Gasteiger partial charge >= 0.3 is 0 Å². The molecular formula is C11H25N3O2. The number of piperazine rings is 1. The number of likely N-dealkylation sites (N-methyl/N-ethyl adjacent to an activating group) is 1. The van der Waals surface area contributed by atoms with Crippen molar-refractivity contribution in [3.8, 4) is 0 Å². The van der Waals surface area contributed by atoms with Gasteiger partial charge in [0.15, 0.2) is 0 Å². The highest BCUT2D eigenvalue weighted by molar-refractivity contribution is 4.69. The van der Waals surface area contributed by atoms with Crippen molar-refractivity contribution in [3.05, 3.63) is 0 Å². The maximum absolute atomic E-state index is 8.50. The van der Waals surface area contributed by atoms with Gasteiger partial charge in [-0.25, -0.2) is 0 Å². The van der Waals surface area contributed by atoms with E-state index in [1.54, 1.807) is 0 Å². The first kappa shape index (κ1) is 13.9. The third-order valence-corrected chi connectivity index (χ3v) is 2.86. The van der Waals surface area contributed by atoms with Crippen LogP contribution >= 0.6 is 0 Å². The highest BCUT2D eigenvalue weighted by Gasteiger charge is 2.12. The van der Waals surface area contributed by atoms with E-state index in [4.69, 9.17) is 9.84 Å². The molecule has 1 heterocycles. The van der Waals surface area contributed by atoms with Gasteiger partial charge in [-0.3, -0.25) is 4.90 Å². The fourth-order valence-corrected chi connectivity index (χ4v) is 1.74. The number of nitrogens with zero attached hydrogens (tertiary/aromatic N) is 2. The van der Waals surface area contributed by atoms with Gasteiger partial charge in [-0.05, 0) is 7.05 Å². The molecule has 0 saturated carbocycles. The molecule has 2 N–H and O–H groups in total. The quantitative estimate of drug-likeness (QED) is 0.516. The molecule has 0 spiro atoms. The van der Waals surface area contributed by atoms with Crippen LogP contribution in [-0.4, -0.2) is 87.6 Å². The minimum absolute atomic E-state index is 0.112. The smallest absolute Gasteiger partial charge is 0.0698 e. The lowest BCUT2D eigenvalue weighted by atomic mass is 10.3. The summed E-state index contributed by atoms with van der Waals surface area (Å²) in [5, 5.41) is 11.8. The molecule has 1 saturated heterocycles. The number of nitrogens with one attached hydrogen (secondary N) is 1. The molecule has 5 nitrogen and oxygen atoms in total. The molecule has 0 aromatic heterocycles. The molecule has 96 valence electrons. The average Bonchev–Trinajstić information content (AvgIpc) is 2.30. The van der Waals surface area contributed by atoms with Crippen LogP contribution in [0.2, 0.25) is 0 Å². The Hall–Kier alpha value is -0.200. The summed E-state index contributed by atoms with van der Waals surface area (Å²) in [6.07, 6.45) is 0. The van der Waals surface area contributed by atoms with Crippen LogP contribution in [0.25, 0.3) is 0 Å². The first-order valence-electron chi connectivity index (χ1n) is 6.13. The number of aliphatic hydroxyl groups is 1. The predicted octanol–water partition coefficient (Wildman–Crippen LogP) is -1.17. The molecule has 1 aliphatic rings. The van der Waals surface area contributed by atoms with Crippen molar-refractivity contribution < 1.29 is 9.84 Å². The molecule has 0 unspecified atom stereocenters. The third-order valence-electron chi connectivity index (χ3n) is 2.86. The number of aliphatic hydroxyl groups excluding tert-OH is 1. The van der Waals surface area contributed by atoms with E-state index in [0.717, 1.165) is 19.6 Å². The molecule has 16 heavy (non-hydrogen) atoms.